The summed E-state index contributed by atoms with van der Waals surface area (Å²) < 4.78 is 0. The number of carboxylic acids is 1. The smallest absolute Gasteiger partial charge is 0.335 e. The van der Waals surface area contributed by atoms with E-state index in [0.29, 0.717) is 0 Å². The zero-order valence-corrected chi connectivity index (χ0v) is 12.0. The van der Waals surface area contributed by atoms with Gasteiger partial charge in [-0.15, -0.1) is 0 Å². The molecular weight excluding hydrogens is 252 g/mol. The summed E-state index contributed by atoms with van der Waals surface area (Å²) in [5.74, 6) is -0.586. The highest BCUT2D eigenvalue weighted by Crippen LogP contribution is 2.29. The maximum atomic E-state index is 12.4. The van der Waals surface area contributed by atoms with E-state index in [9.17, 15) is 9.59 Å². The van der Waals surface area contributed by atoms with Gasteiger partial charge in [-0.3, -0.25) is 4.79 Å². The molecular formula is C17H22O3. The molecule has 2 rings (SSSR count). The van der Waals surface area contributed by atoms with Gasteiger partial charge in [-0.2, -0.15) is 0 Å². The molecule has 0 radical (unpaired) electrons. The number of carbonyl (C=O) groups is 2. The Bertz CT molecular complexity index is 505. The molecule has 1 aliphatic carbocycles. The molecule has 0 aromatic heterocycles. The number of ketones is 1. The van der Waals surface area contributed by atoms with Crippen molar-refractivity contribution in [3.63, 3.8) is 0 Å². The lowest BCUT2D eigenvalue weighted by Gasteiger charge is -2.23. The van der Waals surface area contributed by atoms with Gasteiger partial charge in [0.05, 0.1) is 5.56 Å². The van der Waals surface area contributed by atoms with E-state index in [4.69, 9.17) is 5.11 Å². The Balaban J connectivity index is 2.04. The van der Waals surface area contributed by atoms with Crippen molar-refractivity contribution in [3.05, 3.63) is 34.9 Å². The molecule has 3 nitrogen and oxygen atoms in total. The van der Waals surface area contributed by atoms with Crippen molar-refractivity contribution in [2.24, 2.45) is 5.92 Å². The van der Waals surface area contributed by atoms with Crippen molar-refractivity contribution >= 4 is 11.8 Å². The third-order valence-corrected chi connectivity index (χ3v) is 4.16. The second-order valence-electron chi connectivity index (χ2n) is 5.63. The number of aromatic carboxylic acids is 1. The van der Waals surface area contributed by atoms with Crippen molar-refractivity contribution in [3.8, 4) is 0 Å². The standard InChI is InChI=1S/C17H22O3/c1-2-3-4-5-6-12-7-8-13-11-14(17(19)20)9-10-15(13)16(12)18/h9-12H,2-8H2,1H3,(H,19,20). The van der Waals surface area contributed by atoms with Gasteiger partial charge in [-0.25, -0.2) is 4.79 Å². The number of Topliss-reactive ketones (excluding diaryl/α,β-unsaturated/α-hetero) is 1. The summed E-state index contributed by atoms with van der Waals surface area (Å²) in [6, 6.07) is 4.89. The fourth-order valence-corrected chi connectivity index (χ4v) is 2.95. The lowest BCUT2D eigenvalue weighted by Crippen LogP contribution is -2.23. The number of rotatable bonds is 6. The number of carbonyl (C=O) groups excluding carboxylic acids is 1. The molecule has 0 amide bonds. The lowest BCUT2D eigenvalue weighted by atomic mass is 9.79. The Kier molecular flexibility index (Phi) is 4.94. The minimum absolute atomic E-state index is 0.134. The van der Waals surface area contributed by atoms with Gasteiger partial charge >= 0.3 is 5.97 Å². The molecule has 0 aliphatic heterocycles. The number of hydrogen-bond acceptors (Lipinski definition) is 2. The van der Waals surface area contributed by atoms with Crippen LogP contribution in [0.5, 0.6) is 0 Å². The number of carboxylic acid groups (broad SMARTS) is 1. The molecule has 1 unspecified atom stereocenters. The highest BCUT2D eigenvalue weighted by molar-refractivity contribution is 6.01. The molecule has 0 heterocycles. The van der Waals surface area contributed by atoms with Crippen molar-refractivity contribution in [1.29, 1.82) is 0 Å². The first kappa shape index (κ1) is 14.8. The monoisotopic (exact) mass is 274 g/mol. The SMILES string of the molecule is CCCCCCC1CCc2cc(C(=O)O)ccc2C1=O. The largest absolute Gasteiger partial charge is 0.478 e. The number of benzene rings is 1. The van der Waals surface area contributed by atoms with Crippen LogP contribution in [0, 0.1) is 5.92 Å². The molecule has 1 aromatic carbocycles. The van der Waals surface area contributed by atoms with Crippen molar-refractivity contribution < 1.29 is 14.7 Å². The normalized spacial score (nSPS) is 17.9. The summed E-state index contributed by atoms with van der Waals surface area (Å²) in [5, 5.41) is 8.99. The molecule has 0 saturated carbocycles. The van der Waals surface area contributed by atoms with E-state index < -0.39 is 5.97 Å². The summed E-state index contributed by atoms with van der Waals surface area (Å²) in [6.07, 6.45) is 7.41. The van der Waals surface area contributed by atoms with Crippen LogP contribution in [0.15, 0.2) is 18.2 Å². The van der Waals surface area contributed by atoms with E-state index in [-0.39, 0.29) is 17.3 Å². The van der Waals surface area contributed by atoms with Gasteiger partial charge in [0.2, 0.25) is 0 Å². The van der Waals surface area contributed by atoms with Crippen LogP contribution in [0.1, 0.15) is 71.7 Å². The maximum absolute atomic E-state index is 12.4. The molecule has 20 heavy (non-hydrogen) atoms. The Hall–Kier alpha value is -1.64. The summed E-state index contributed by atoms with van der Waals surface area (Å²) in [7, 11) is 0. The Labute approximate surface area is 120 Å². The van der Waals surface area contributed by atoms with Gasteiger partial charge < -0.3 is 5.11 Å². The molecule has 0 saturated heterocycles. The van der Waals surface area contributed by atoms with E-state index in [2.05, 4.69) is 6.92 Å². The second-order valence-corrected chi connectivity index (χ2v) is 5.63. The number of hydrogen-bond donors (Lipinski definition) is 1. The Morgan fingerprint density at radius 3 is 2.80 bits per heavy atom. The predicted octanol–water partition coefficient (Wildman–Crippen LogP) is 4.10. The molecule has 1 atom stereocenters. The molecule has 0 bridgehead atoms. The second kappa shape index (κ2) is 6.69. The fourth-order valence-electron chi connectivity index (χ4n) is 2.95. The van der Waals surface area contributed by atoms with Gasteiger partial charge in [0.15, 0.2) is 5.78 Å². The average molecular weight is 274 g/mol. The van der Waals surface area contributed by atoms with E-state index in [1.807, 2.05) is 0 Å². The van der Waals surface area contributed by atoms with Crippen LogP contribution in [0.2, 0.25) is 0 Å². The topological polar surface area (TPSA) is 54.4 Å². The Morgan fingerprint density at radius 1 is 1.30 bits per heavy atom. The lowest BCUT2D eigenvalue weighted by molar-refractivity contribution is 0.0695. The van der Waals surface area contributed by atoms with E-state index >= 15 is 0 Å². The summed E-state index contributed by atoms with van der Waals surface area (Å²) in [4.78, 5) is 23.4. The van der Waals surface area contributed by atoms with Gasteiger partial charge in [0.1, 0.15) is 0 Å². The van der Waals surface area contributed by atoms with Gasteiger partial charge in [-0.1, -0.05) is 38.7 Å². The molecule has 1 aromatic rings. The first-order valence-corrected chi connectivity index (χ1v) is 7.54. The van der Waals surface area contributed by atoms with Gasteiger partial charge in [0, 0.05) is 11.5 Å². The van der Waals surface area contributed by atoms with Crippen LogP contribution in [0.25, 0.3) is 0 Å². The quantitative estimate of drug-likeness (QED) is 0.794. The fraction of sp³-hybridized carbons (Fsp3) is 0.529. The number of unbranched alkanes of at least 4 members (excludes halogenated alkanes) is 3. The van der Waals surface area contributed by atoms with Crippen molar-refractivity contribution in [2.45, 2.75) is 51.9 Å². The van der Waals surface area contributed by atoms with Crippen molar-refractivity contribution in [1.82, 2.24) is 0 Å². The predicted molar refractivity (Wildman–Crippen MR) is 78.3 cm³/mol. The number of aryl methyl sites for hydroxylation is 1. The minimum Gasteiger partial charge on any atom is -0.478 e. The average Bonchev–Trinajstić information content (AvgIpc) is 2.45. The minimum atomic E-state index is -0.929. The van der Waals surface area contributed by atoms with Crippen LogP contribution in [-0.2, 0) is 6.42 Å². The van der Waals surface area contributed by atoms with Crippen LogP contribution < -0.4 is 0 Å². The maximum Gasteiger partial charge on any atom is 0.335 e. The van der Waals surface area contributed by atoms with E-state index in [0.717, 1.165) is 36.8 Å². The number of fused-ring (bicyclic) bond motifs is 1. The van der Waals surface area contributed by atoms with Crippen LogP contribution in [0.3, 0.4) is 0 Å². The van der Waals surface area contributed by atoms with Gasteiger partial charge in [-0.05, 0) is 37.0 Å². The van der Waals surface area contributed by atoms with Crippen LogP contribution >= 0.6 is 0 Å². The molecule has 3 heteroatoms. The van der Waals surface area contributed by atoms with Crippen LogP contribution in [-0.4, -0.2) is 16.9 Å². The third-order valence-electron chi connectivity index (χ3n) is 4.16. The first-order valence-electron chi connectivity index (χ1n) is 7.54. The van der Waals surface area contributed by atoms with Crippen LogP contribution in [0.4, 0.5) is 0 Å². The molecule has 1 N–H and O–H groups in total. The summed E-state index contributed by atoms with van der Waals surface area (Å²) >= 11 is 0. The zero-order chi connectivity index (χ0) is 14.5. The summed E-state index contributed by atoms with van der Waals surface area (Å²) in [5.41, 5.74) is 1.92. The molecule has 0 spiro atoms. The molecule has 108 valence electrons. The molecule has 1 aliphatic rings. The van der Waals surface area contributed by atoms with Crippen molar-refractivity contribution in [2.75, 3.05) is 0 Å². The summed E-state index contributed by atoms with van der Waals surface area (Å²) in [6.45, 7) is 2.18. The molecule has 0 fully saturated rings. The highest BCUT2D eigenvalue weighted by atomic mass is 16.4. The Morgan fingerprint density at radius 2 is 2.10 bits per heavy atom. The third kappa shape index (κ3) is 3.27. The zero-order valence-electron chi connectivity index (χ0n) is 12.0. The van der Waals surface area contributed by atoms with E-state index in [1.54, 1.807) is 18.2 Å². The highest BCUT2D eigenvalue weighted by Gasteiger charge is 2.27. The van der Waals surface area contributed by atoms with E-state index in [1.165, 1.54) is 19.3 Å². The first-order chi connectivity index (χ1) is 9.63. The van der Waals surface area contributed by atoms with Gasteiger partial charge in [0.25, 0.3) is 0 Å².